The minimum Gasteiger partial charge on any atom is -0.348 e. The van der Waals surface area contributed by atoms with Gasteiger partial charge in [0.25, 0.3) is 0 Å². The molecule has 4 nitrogen and oxygen atoms in total. The fourth-order valence-electron chi connectivity index (χ4n) is 4.88. The van der Waals surface area contributed by atoms with Crippen molar-refractivity contribution in [1.82, 2.24) is 5.06 Å². The van der Waals surface area contributed by atoms with Gasteiger partial charge >= 0.3 is 0 Å². The Morgan fingerprint density at radius 3 is 2.39 bits per heavy atom. The molecule has 3 heterocycles. The topological polar surface area (TPSA) is 30.9 Å². The van der Waals surface area contributed by atoms with Gasteiger partial charge < -0.3 is 9.47 Å². The lowest BCUT2D eigenvalue weighted by Crippen LogP contribution is -2.60. The molecule has 1 aliphatic carbocycles. The van der Waals surface area contributed by atoms with Gasteiger partial charge in [-0.2, -0.15) is 5.06 Å². The van der Waals surface area contributed by atoms with Gasteiger partial charge in [-0.15, -0.1) is 0 Å². The lowest BCUT2D eigenvalue weighted by atomic mass is 9.83. The Hall–Kier alpha value is -0.940. The van der Waals surface area contributed by atoms with Gasteiger partial charge in [-0.05, 0) is 24.8 Å². The molecule has 0 amide bonds. The maximum atomic E-state index is 6.34. The first kappa shape index (κ1) is 14.4. The highest BCUT2D eigenvalue weighted by atomic mass is 16.7. The van der Waals surface area contributed by atoms with Crippen LogP contribution in [0.2, 0.25) is 0 Å². The number of hydrogen-bond acceptors (Lipinski definition) is 4. The molecular weight excluding hydrogens is 290 g/mol. The summed E-state index contributed by atoms with van der Waals surface area (Å²) in [6.07, 6.45) is 8.29. The summed E-state index contributed by atoms with van der Waals surface area (Å²) < 4.78 is 12.7. The highest BCUT2D eigenvalue weighted by Crippen LogP contribution is 2.52. The van der Waals surface area contributed by atoms with Gasteiger partial charge in [-0.3, -0.25) is 4.84 Å². The second-order valence-corrected chi connectivity index (χ2v) is 7.69. The van der Waals surface area contributed by atoms with Crippen LogP contribution >= 0.6 is 0 Å². The van der Waals surface area contributed by atoms with Gasteiger partial charge in [0.1, 0.15) is 0 Å². The normalized spacial score (nSPS) is 37.5. The molecule has 4 heteroatoms. The van der Waals surface area contributed by atoms with Crippen LogP contribution < -0.4 is 0 Å². The molecule has 0 aromatic heterocycles. The maximum Gasteiger partial charge on any atom is 0.168 e. The van der Waals surface area contributed by atoms with E-state index in [0.29, 0.717) is 12.1 Å². The highest BCUT2D eigenvalue weighted by molar-refractivity contribution is 5.22. The van der Waals surface area contributed by atoms with E-state index in [1.165, 1.54) is 24.8 Å². The van der Waals surface area contributed by atoms with Crippen LogP contribution in [0.4, 0.5) is 0 Å². The third kappa shape index (κ3) is 2.27. The molecule has 2 unspecified atom stereocenters. The molecule has 2 bridgehead atoms. The molecule has 4 fully saturated rings. The lowest BCUT2D eigenvalue weighted by Gasteiger charge is -2.50. The zero-order valence-corrected chi connectivity index (χ0v) is 13.6. The monoisotopic (exact) mass is 315 g/mol. The molecule has 3 saturated heterocycles. The molecule has 5 rings (SSSR count). The number of piperidine rings is 1. The first-order valence-electron chi connectivity index (χ1n) is 9.08. The number of nitrogens with zero attached hydrogens (tertiary/aromatic N) is 1. The Labute approximate surface area is 137 Å². The Balaban J connectivity index is 1.36. The van der Waals surface area contributed by atoms with Gasteiger partial charge in [-0.1, -0.05) is 36.8 Å². The molecular formula is C19H25NO3. The molecule has 124 valence electrons. The van der Waals surface area contributed by atoms with Crippen LogP contribution in [0, 0.1) is 0 Å². The summed E-state index contributed by atoms with van der Waals surface area (Å²) in [5, 5.41) is 2.21. The summed E-state index contributed by atoms with van der Waals surface area (Å²) in [5.41, 5.74) is 1.25. The Bertz CT molecular complexity index is 559. The predicted octanol–water partition coefficient (Wildman–Crippen LogP) is 3.58. The van der Waals surface area contributed by atoms with Crippen molar-refractivity contribution in [3.63, 3.8) is 0 Å². The summed E-state index contributed by atoms with van der Waals surface area (Å²) >= 11 is 0. The lowest BCUT2D eigenvalue weighted by molar-refractivity contribution is -0.334. The van der Waals surface area contributed by atoms with E-state index in [-0.39, 0.29) is 11.3 Å². The average molecular weight is 315 g/mol. The van der Waals surface area contributed by atoms with Crippen molar-refractivity contribution in [1.29, 1.82) is 0 Å². The number of benzene rings is 1. The fourth-order valence-corrected chi connectivity index (χ4v) is 4.88. The fraction of sp³-hybridized carbons (Fsp3) is 0.684. The van der Waals surface area contributed by atoms with Crippen molar-refractivity contribution in [2.45, 2.75) is 68.4 Å². The van der Waals surface area contributed by atoms with Crippen LogP contribution in [0.15, 0.2) is 30.3 Å². The minimum atomic E-state index is -0.297. The van der Waals surface area contributed by atoms with Crippen molar-refractivity contribution in [2.75, 3.05) is 13.2 Å². The van der Waals surface area contributed by atoms with Gasteiger partial charge in [0.15, 0.2) is 5.79 Å². The van der Waals surface area contributed by atoms with Crippen LogP contribution in [-0.2, 0) is 14.3 Å². The van der Waals surface area contributed by atoms with Gasteiger partial charge in [0, 0.05) is 19.3 Å². The number of ether oxygens (including phenoxy) is 2. The van der Waals surface area contributed by atoms with E-state index in [1.54, 1.807) is 0 Å². The van der Waals surface area contributed by atoms with Crippen LogP contribution in [0.1, 0.15) is 56.6 Å². The molecule has 0 N–H and O–H groups in total. The number of hydrogen-bond donors (Lipinski definition) is 0. The SMILES string of the molecule is c1ccc([C@@H]2CC3CC4(COC5(CCCCC5)OC4)N2O3)cc1. The molecule has 3 aliphatic heterocycles. The Morgan fingerprint density at radius 1 is 0.957 bits per heavy atom. The Morgan fingerprint density at radius 2 is 1.70 bits per heavy atom. The van der Waals surface area contributed by atoms with Crippen molar-refractivity contribution < 1.29 is 14.3 Å². The van der Waals surface area contributed by atoms with Crippen molar-refractivity contribution in [3.05, 3.63) is 35.9 Å². The molecule has 1 aromatic carbocycles. The molecule has 1 aromatic rings. The van der Waals surface area contributed by atoms with E-state index in [2.05, 4.69) is 35.4 Å². The van der Waals surface area contributed by atoms with Gasteiger partial charge in [0.05, 0.1) is 30.9 Å². The molecule has 1 saturated carbocycles. The van der Waals surface area contributed by atoms with Gasteiger partial charge in [-0.25, -0.2) is 0 Å². The summed E-state index contributed by atoms with van der Waals surface area (Å²) in [6.45, 7) is 1.49. The quantitative estimate of drug-likeness (QED) is 0.792. The van der Waals surface area contributed by atoms with E-state index in [4.69, 9.17) is 14.3 Å². The summed E-state index contributed by atoms with van der Waals surface area (Å²) in [7, 11) is 0. The molecule has 23 heavy (non-hydrogen) atoms. The zero-order valence-electron chi connectivity index (χ0n) is 13.6. The minimum absolute atomic E-state index is 0.0911. The summed E-state index contributed by atoms with van der Waals surface area (Å²) in [5.74, 6) is -0.297. The smallest absolute Gasteiger partial charge is 0.168 e. The van der Waals surface area contributed by atoms with E-state index >= 15 is 0 Å². The highest BCUT2D eigenvalue weighted by Gasteiger charge is 2.59. The number of rotatable bonds is 1. The third-order valence-corrected chi connectivity index (χ3v) is 6.11. The molecule has 0 radical (unpaired) electrons. The van der Waals surface area contributed by atoms with Crippen molar-refractivity contribution in [3.8, 4) is 0 Å². The number of hydroxylamine groups is 2. The van der Waals surface area contributed by atoms with E-state index in [1.807, 2.05) is 0 Å². The molecule has 4 aliphatic rings. The van der Waals surface area contributed by atoms with Crippen LogP contribution in [-0.4, -0.2) is 35.7 Å². The largest absolute Gasteiger partial charge is 0.348 e. The predicted molar refractivity (Wildman–Crippen MR) is 85.6 cm³/mol. The molecule has 3 atom stereocenters. The summed E-state index contributed by atoms with van der Waals surface area (Å²) in [4.78, 5) is 6.18. The first-order chi connectivity index (χ1) is 11.3. The zero-order chi connectivity index (χ0) is 15.3. The van der Waals surface area contributed by atoms with E-state index < -0.39 is 0 Å². The standard InChI is InChI=1S/C19H25NO3/c1-3-7-15(8-4-1)17-11-16-12-18(20(17)23-16)13-21-19(22-14-18)9-5-2-6-10-19/h1,3-4,7-8,16-17H,2,5-6,9-14H2/t16?,17-/m0/s1. The summed E-state index contributed by atoms with van der Waals surface area (Å²) in [6, 6.07) is 11.0. The average Bonchev–Trinajstić information content (AvgIpc) is 3.18. The van der Waals surface area contributed by atoms with Crippen LogP contribution in [0.3, 0.4) is 0 Å². The van der Waals surface area contributed by atoms with E-state index in [9.17, 15) is 0 Å². The maximum absolute atomic E-state index is 6.34. The second-order valence-electron chi connectivity index (χ2n) is 7.69. The first-order valence-corrected chi connectivity index (χ1v) is 9.08. The number of fused-ring (bicyclic) bond motifs is 3. The van der Waals surface area contributed by atoms with Crippen LogP contribution in [0.25, 0.3) is 0 Å². The van der Waals surface area contributed by atoms with Crippen LogP contribution in [0.5, 0.6) is 0 Å². The molecule has 2 spiro atoms. The van der Waals surface area contributed by atoms with E-state index in [0.717, 1.165) is 38.9 Å². The van der Waals surface area contributed by atoms with Crippen molar-refractivity contribution >= 4 is 0 Å². The second kappa shape index (κ2) is 5.28. The third-order valence-electron chi connectivity index (χ3n) is 6.11. The Kier molecular flexibility index (Phi) is 3.31. The van der Waals surface area contributed by atoms with Gasteiger partial charge in [0.2, 0.25) is 0 Å². The van der Waals surface area contributed by atoms with Crippen molar-refractivity contribution in [2.24, 2.45) is 0 Å².